The number of halogens is 1. The lowest BCUT2D eigenvalue weighted by Gasteiger charge is -2.07. The molecular formula is C14H13BrN4O2S2. The number of hydrogen-bond acceptors (Lipinski definition) is 5. The Morgan fingerprint density at radius 1 is 1.39 bits per heavy atom. The third kappa shape index (κ3) is 4.81. The summed E-state index contributed by atoms with van der Waals surface area (Å²) in [7, 11) is 0. The molecule has 0 bridgehead atoms. The van der Waals surface area contributed by atoms with E-state index in [2.05, 4.69) is 31.8 Å². The van der Waals surface area contributed by atoms with E-state index in [9.17, 15) is 10.1 Å². The van der Waals surface area contributed by atoms with Crippen molar-refractivity contribution < 1.29 is 4.92 Å². The maximum absolute atomic E-state index is 10.9. The molecule has 0 saturated carbocycles. The highest BCUT2D eigenvalue weighted by Gasteiger charge is 2.18. The highest BCUT2D eigenvalue weighted by molar-refractivity contribution is 9.10. The van der Waals surface area contributed by atoms with Crippen molar-refractivity contribution in [3.05, 3.63) is 55.4 Å². The van der Waals surface area contributed by atoms with Crippen LogP contribution in [0, 0.1) is 17.0 Å². The smallest absolute Gasteiger partial charge is 0.331 e. The van der Waals surface area contributed by atoms with E-state index in [-0.39, 0.29) is 5.00 Å². The van der Waals surface area contributed by atoms with Crippen molar-refractivity contribution in [3.8, 4) is 0 Å². The highest BCUT2D eigenvalue weighted by Crippen LogP contribution is 2.34. The molecule has 0 unspecified atom stereocenters. The van der Waals surface area contributed by atoms with Gasteiger partial charge in [0, 0.05) is 5.69 Å². The maximum Gasteiger partial charge on any atom is 0.338 e. The topological polar surface area (TPSA) is 79.6 Å². The van der Waals surface area contributed by atoms with Crippen molar-refractivity contribution >= 4 is 61.0 Å². The molecule has 0 spiro atoms. The lowest BCUT2D eigenvalue weighted by atomic mass is 10.2. The van der Waals surface area contributed by atoms with E-state index >= 15 is 0 Å². The van der Waals surface area contributed by atoms with E-state index in [4.69, 9.17) is 12.2 Å². The minimum Gasteiger partial charge on any atom is -0.331 e. The molecule has 2 N–H and O–H groups in total. The minimum absolute atomic E-state index is 0.0508. The van der Waals surface area contributed by atoms with E-state index in [0.29, 0.717) is 20.2 Å². The van der Waals surface area contributed by atoms with Gasteiger partial charge in [0.1, 0.15) is 4.47 Å². The van der Waals surface area contributed by atoms with Crippen molar-refractivity contribution in [2.75, 3.05) is 5.32 Å². The zero-order chi connectivity index (χ0) is 17.0. The van der Waals surface area contributed by atoms with Gasteiger partial charge in [0.25, 0.3) is 0 Å². The number of aryl methyl sites for hydroxylation is 1. The van der Waals surface area contributed by atoms with Crippen LogP contribution in [0.5, 0.6) is 0 Å². The molecule has 6 nitrogen and oxygen atoms in total. The van der Waals surface area contributed by atoms with Crippen LogP contribution in [0.1, 0.15) is 17.4 Å². The Balaban J connectivity index is 2.01. The Bertz CT molecular complexity index is 772. The van der Waals surface area contributed by atoms with Crippen LogP contribution in [0.2, 0.25) is 0 Å². The van der Waals surface area contributed by atoms with Crippen LogP contribution in [-0.2, 0) is 0 Å². The van der Waals surface area contributed by atoms with E-state index in [1.54, 1.807) is 13.0 Å². The highest BCUT2D eigenvalue weighted by atomic mass is 79.9. The van der Waals surface area contributed by atoms with Gasteiger partial charge in [0.2, 0.25) is 0 Å². The standard InChI is InChI=1S/C14H13BrN4O2S2/c1-8-3-5-10(6-4-8)16-14(22)18-17-9(2)12-7-11(15)13(23-12)19(20)21/h3-7H,1-2H3,(H2,16,18,22)/b17-9+. The number of rotatable bonds is 4. The van der Waals surface area contributed by atoms with Gasteiger partial charge in [-0.15, -0.1) is 0 Å². The van der Waals surface area contributed by atoms with Crippen LogP contribution < -0.4 is 10.7 Å². The molecule has 0 aliphatic rings. The fourth-order valence-corrected chi connectivity index (χ4v) is 3.39. The molecule has 1 aromatic heterocycles. The first-order chi connectivity index (χ1) is 10.9. The predicted octanol–water partition coefficient (Wildman–Crippen LogP) is 4.44. The van der Waals surface area contributed by atoms with Crippen molar-refractivity contribution in [1.29, 1.82) is 0 Å². The zero-order valence-electron chi connectivity index (χ0n) is 12.3. The van der Waals surface area contributed by atoms with Crippen LogP contribution in [0.15, 0.2) is 39.9 Å². The third-order valence-electron chi connectivity index (χ3n) is 2.83. The van der Waals surface area contributed by atoms with Crippen LogP contribution >= 0.6 is 39.5 Å². The third-order valence-corrected chi connectivity index (χ3v) is 5.08. The SMILES string of the molecule is C/C(=N\NC(=S)Nc1ccc(C)cc1)c1cc(Br)c([N+](=O)[O-])s1. The molecule has 120 valence electrons. The number of nitrogens with zero attached hydrogens (tertiary/aromatic N) is 2. The van der Waals surface area contributed by atoms with Crippen LogP contribution in [-0.4, -0.2) is 15.7 Å². The largest absolute Gasteiger partial charge is 0.338 e. The van der Waals surface area contributed by atoms with E-state index in [1.165, 1.54) is 0 Å². The summed E-state index contributed by atoms with van der Waals surface area (Å²) >= 11 is 9.39. The molecule has 1 aromatic carbocycles. The lowest BCUT2D eigenvalue weighted by molar-refractivity contribution is -0.380. The quantitative estimate of drug-likeness (QED) is 0.335. The summed E-state index contributed by atoms with van der Waals surface area (Å²) in [6.45, 7) is 3.76. The van der Waals surface area contributed by atoms with Gasteiger partial charge in [-0.3, -0.25) is 15.5 Å². The first-order valence-electron chi connectivity index (χ1n) is 6.49. The molecule has 0 aliphatic heterocycles. The Morgan fingerprint density at radius 3 is 2.61 bits per heavy atom. The first kappa shape index (κ1) is 17.5. The average Bonchev–Trinajstić information content (AvgIpc) is 2.89. The van der Waals surface area contributed by atoms with E-state index in [1.807, 2.05) is 31.2 Å². The molecule has 0 aliphatic carbocycles. The van der Waals surface area contributed by atoms with Crippen LogP contribution in [0.4, 0.5) is 10.7 Å². The maximum atomic E-state index is 10.9. The second-order valence-corrected chi connectivity index (χ2v) is 6.94. The van der Waals surface area contributed by atoms with Crippen LogP contribution in [0.3, 0.4) is 0 Å². The summed E-state index contributed by atoms with van der Waals surface area (Å²) in [5.41, 5.74) is 5.36. The van der Waals surface area contributed by atoms with Gasteiger partial charge in [0.15, 0.2) is 5.11 Å². The molecule has 0 fully saturated rings. The van der Waals surface area contributed by atoms with Crippen LogP contribution in [0.25, 0.3) is 0 Å². The predicted molar refractivity (Wildman–Crippen MR) is 101 cm³/mol. The molecule has 2 rings (SSSR count). The van der Waals surface area contributed by atoms with Gasteiger partial charge >= 0.3 is 5.00 Å². The zero-order valence-corrected chi connectivity index (χ0v) is 15.5. The van der Waals surface area contributed by atoms with Crippen molar-refractivity contribution in [1.82, 2.24) is 5.43 Å². The van der Waals surface area contributed by atoms with Gasteiger partial charge in [-0.1, -0.05) is 29.0 Å². The number of benzene rings is 1. The van der Waals surface area contributed by atoms with Crippen molar-refractivity contribution in [2.24, 2.45) is 5.10 Å². The fourth-order valence-electron chi connectivity index (χ4n) is 1.65. The first-order valence-corrected chi connectivity index (χ1v) is 8.50. The molecule has 1 heterocycles. The second kappa shape index (κ2) is 7.62. The summed E-state index contributed by atoms with van der Waals surface area (Å²) in [6, 6.07) is 9.45. The summed E-state index contributed by atoms with van der Waals surface area (Å²) in [5.74, 6) is 0. The van der Waals surface area contributed by atoms with Gasteiger partial charge in [-0.05, 0) is 60.2 Å². The molecule has 23 heavy (non-hydrogen) atoms. The fraction of sp³-hybridized carbons (Fsp3) is 0.143. The Labute approximate surface area is 150 Å². The van der Waals surface area contributed by atoms with Gasteiger partial charge in [0.05, 0.1) is 15.5 Å². The number of thiocarbonyl (C=S) groups is 1. The molecule has 2 aromatic rings. The lowest BCUT2D eigenvalue weighted by Crippen LogP contribution is -2.24. The van der Waals surface area contributed by atoms with E-state index in [0.717, 1.165) is 22.6 Å². The number of anilines is 1. The molecule has 9 heteroatoms. The molecule has 0 atom stereocenters. The molecule has 0 amide bonds. The number of nitrogens with one attached hydrogen (secondary N) is 2. The van der Waals surface area contributed by atoms with E-state index < -0.39 is 4.92 Å². The minimum atomic E-state index is -0.428. The number of nitro groups is 1. The van der Waals surface area contributed by atoms with Gasteiger partial charge in [-0.25, -0.2) is 0 Å². The normalized spacial score (nSPS) is 11.2. The Hall–Kier alpha value is -1.84. The summed E-state index contributed by atoms with van der Waals surface area (Å²) in [5, 5.41) is 18.4. The number of thiophene rings is 1. The Morgan fingerprint density at radius 2 is 2.04 bits per heavy atom. The monoisotopic (exact) mass is 412 g/mol. The molecule has 0 radical (unpaired) electrons. The van der Waals surface area contributed by atoms with Crippen molar-refractivity contribution in [2.45, 2.75) is 13.8 Å². The van der Waals surface area contributed by atoms with Gasteiger partial charge in [-0.2, -0.15) is 5.10 Å². The molecule has 0 saturated heterocycles. The number of hydrogen-bond donors (Lipinski definition) is 2. The number of hydrazone groups is 1. The van der Waals surface area contributed by atoms with Gasteiger partial charge < -0.3 is 5.32 Å². The van der Waals surface area contributed by atoms with Crippen molar-refractivity contribution in [3.63, 3.8) is 0 Å². The summed E-state index contributed by atoms with van der Waals surface area (Å²) in [4.78, 5) is 11.1. The average molecular weight is 413 g/mol. The summed E-state index contributed by atoms with van der Waals surface area (Å²) < 4.78 is 0.442. The summed E-state index contributed by atoms with van der Waals surface area (Å²) in [6.07, 6.45) is 0. The molecular weight excluding hydrogens is 400 g/mol. The Kier molecular flexibility index (Phi) is 5.80. The second-order valence-electron chi connectivity index (χ2n) is 4.65.